The number of carboxylic acids is 1. The number of aliphatic carboxylic acids is 1. The van der Waals surface area contributed by atoms with Crippen molar-refractivity contribution in [2.24, 2.45) is 0 Å². The van der Waals surface area contributed by atoms with Crippen LogP contribution < -0.4 is 4.74 Å². The minimum atomic E-state index is -1.33. The standard InChI is InChI=1S/C29H34N4O5/c1-17-8-10-23(11-9-17)27-30-24(20(4)36-27)15-33(16-25-32-31-21(5)37-25)14-22-12-18(2)26(19(3)13-22)38-29(6,7)28(34)35/h8-13H,14-16H2,1-7H3,(H,34,35). The number of carbonyl (C=O) groups is 1. The fraction of sp³-hybridized carbons (Fsp3) is 0.379. The van der Waals surface area contributed by atoms with Gasteiger partial charge in [-0.1, -0.05) is 29.8 Å². The maximum absolute atomic E-state index is 11.6. The number of hydrogen-bond acceptors (Lipinski definition) is 8. The van der Waals surface area contributed by atoms with Crippen LogP contribution in [0.4, 0.5) is 0 Å². The lowest BCUT2D eigenvalue weighted by molar-refractivity contribution is -0.152. The monoisotopic (exact) mass is 518 g/mol. The molecule has 0 bridgehead atoms. The molecular weight excluding hydrogens is 484 g/mol. The lowest BCUT2D eigenvalue weighted by Crippen LogP contribution is -2.38. The van der Waals surface area contributed by atoms with E-state index in [0.29, 0.717) is 43.1 Å². The molecule has 0 aliphatic carbocycles. The topological polar surface area (TPSA) is 115 Å². The zero-order valence-electron chi connectivity index (χ0n) is 23.0. The average Bonchev–Trinajstić information content (AvgIpc) is 3.41. The van der Waals surface area contributed by atoms with Gasteiger partial charge in [0.05, 0.1) is 12.2 Å². The van der Waals surface area contributed by atoms with E-state index >= 15 is 0 Å². The van der Waals surface area contributed by atoms with E-state index in [1.165, 1.54) is 5.56 Å². The highest BCUT2D eigenvalue weighted by Gasteiger charge is 2.30. The number of carboxylic acid groups (broad SMARTS) is 1. The van der Waals surface area contributed by atoms with Crippen molar-refractivity contribution in [1.82, 2.24) is 20.1 Å². The summed E-state index contributed by atoms with van der Waals surface area (Å²) in [6.07, 6.45) is 0. The summed E-state index contributed by atoms with van der Waals surface area (Å²) in [4.78, 5) is 18.5. The van der Waals surface area contributed by atoms with Crippen LogP contribution in [0.15, 0.2) is 45.2 Å². The van der Waals surface area contributed by atoms with Gasteiger partial charge in [-0.3, -0.25) is 4.90 Å². The summed E-state index contributed by atoms with van der Waals surface area (Å²) >= 11 is 0. The molecule has 0 saturated carbocycles. The molecule has 2 aromatic carbocycles. The van der Waals surface area contributed by atoms with Gasteiger partial charge in [0.25, 0.3) is 0 Å². The Kier molecular flexibility index (Phi) is 7.68. The highest BCUT2D eigenvalue weighted by Crippen LogP contribution is 2.30. The zero-order valence-corrected chi connectivity index (χ0v) is 23.0. The van der Waals surface area contributed by atoms with E-state index in [0.717, 1.165) is 33.7 Å². The van der Waals surface area contributed by atoms with Crippen LogP contribution in [-0.2, 0) is 24.4 Å². The maximum atomic E-state index is 11.6. The molecule has 9 heteroatoms. The highest BCUT2D eigenvalue weighted by atomic mass is 16.5. The summed E-state index contributed by atoms with van der Waals surface area (Å²) in [7, 11) is 0. The Morgan fingerprint density at radius 1 is 0.947 bits per heavy atom. The van der Waals surface area contributed by atoms with E-state index in [2.05, 4.69) is 15.1 Å². The van der Waals surface area contributed by atoms with Crippen LogP contribution in [0.3, 0.4) is 0 Å². The summed E-state index contributed by atoms with van der Waals surface area (Å²) in [5, 5.41) is 17.6. The molecule has 2 heterocycles. The number of rotatable bonds is 10. The van der Waals surface area contributed by atoms with Crippen LogP contribution in [0.2, 0.25) is 0 Å². The van der Waals surface area contributed by atoms with Crippen LogP contribution in [-0.4, -0.2) is 36.8 Å². The third-order valence-electron chi connectivity index (χ3n) is 6.29. The van der Waals surface area contributed by atoms with Gasteiger partial charge >= 0.3 is 5.97 Å². The molecule has 0 aliphatic heterocycles. The smallest absolute Gasteiger partial charge is 0.347 e. The molecule has 0 spiro atoms. The minimum Gasteiger partial charge on any atom is -0.478 e. The summed E-state index contributed by atoms with van der Waals surface area (Å²) in [6.45, 7) is 14.2. The lowest BCUT2D eigenvalue weighted by Gasteiger charge is -2.25. The molecule has 9 nitrogen and oxygen atoms in total. The van der Waals surface area contributed by atoms with Crippen LogP contribution >= 0.6 is 0 Å². The average molecular weight is 519 g/mol. The van der Waals surface area contributed by atoms with E-state index in [1.807, 2.05) is 64.1 Å². The molecule has 38 heavy (non-hydrogen) atoms. The van der Waals surface area contributed by atoms with Crippen molar-refractivity contribution < 1.29 is 23.5 Å². The normalized spacial score (nSPS) is 11.8. The Bertz CT molecular complexity index is 1410. The Morgan fingerprint density at radius 3 is 2.18 bits per heavy atom. The molecule has 4 rings (SSSR count). The number of nitrogens with zero attached hydrogens (tertiary/aromatic N) is 4. The number of benzene rings is 2. The van der Waals surface area contributed by atoms with Crippen molar-refractivity contribution in [3.63, 3.8) is 0 Å². The predicted molar refractivity (Wildman–Crippen MR) is 142 cm³/mol. The van der Waals surface area contributed by atoms with Gasteiger partial charge in [0.15, 0.2) is 5.60 Å². The van der Waals surface area contributed by atoms with E-state index in [4.69, 9.17) is 18.6 Å². The van der Waals surface area contributed by atoms with Gasteiger partial charge in [-0.15, -0.1) is 10.2 Å². The van der Waals surface area contributed by atoms with E-state index in [9.17, 15) is 9.90 Å². The number of aryl methyl sites for hydroxylation is 5. The molecular formula is C29H34N4O5. The molecule has 0 atom stereocenters. The third kappa shape index (κ3) is 6.28. The fourth-order valence-corrected chi connectivity index (χ4v) is 4.22. The summed E-state index contributed by atoms with van der Waals surface area (Å²) in [5.41, 5.74) is 4.36. The van der Waals surface area contributed by atoms with Gasteiger partial charge in [-0.25, -0.2) is 9.78 Å². The van der Waals surface area contributed by atoms with Crippen molar-refractivity contribution in [2.45, 2.75) is 73.7 Å². The second-order valence-electron chi connectivity index (χ2n) is 10.2. The third-order valence-corrected chi connectivity index (χ3v) is 6.29. The number of oxazole rings is 1. The Hall–Kier alpha value is -3.98. The van der Waals surface area contributed by atoms with Gasteiger partial charge in [-0.05, 0) is 70.4 Å². The van der Waals surface area contributed by atoms with Crippen molar-refractivity contribution in [2.75, 3.05) is 0 Å². The highest BCUT2D eigenvalue weighted by molar-refractivity contribution is 5.77. The molecule has 4 aromatic rings. The van der Waals surface area contributed by atoms with Crippen LogP contribution in [0, 0.1) is 34.6 Å². The van der Waals surface area contributed by atoms with Crippen molar-refractivity contribution >= 4 is 5.97 Å². The molecule has 0 amide bonds. The zero-order chi connectivity index (χ0) is 27.6. The number of aromatic nitrogens is 3. The minimum absolute atomic E-state index is 0.426. The molecule has 0 unspecified atom stereocenters. The largest absolute Gasteiger partial charge is 0.478 e. The summed E-state index contributed by atoms with van der Waals surface area (Å²) in [5.74, 6) is 1.91. The molecule has 0 fully saturated rings. The first-order valence-electron chi connectivity index (χ1n) is 12.5. The number of ether oxygens (including phenoxy) is 1. The van der Waals surface area contributed by atoms with Gasteiger partial charge in [0.2, 0.25) is 17.7 Å². The fourth-order valence-electron chi connectivity index (χ4n) is 4.22. The Labute approximate surface area is 222 Å². The predicted octanol–water partition coefficient (Wildman–Crippen LogP) is 5.71. The van der Waals surface area contributed by atoms with E-state index in [1.54, 1.807) is 20.8 Å². The number of hydrogen-bond donors (Lipinski definition) is 1. The van der Waals surface area contributed by atoms with Gasteiger partial charge in [0.1, 0.15) is 11.5 Å². The van der Waals surface area contributed by atoms with Crippen molar-refractivity contribution in [3.05, 3.63) is 81.9 Å². The second-order valence-corrected chi connectivity index (χ2v) is 10.2. The van der Waals surface area contributed by atoms with Crippen LogP contribution in [0.1, 0.15) is 59.3 Å². The molecule has 0 saturated heterocycles. The van der Waals surface area contributed by atoms with E-state index < -0.39 is 11.6 Å². The van der Waals surface area contributed by atoms with Gasteiger partial charge < -0.3 is 18.7 Å². The molecule has 1 N–H and O–H groups in total. The lowest BCUT2D eigenvalue weighted by atomic mass is 10.0. The first-order chi connectivity index (χ1) is 17.9. The Morgan fingerprint density at radius 2 is 1.61 bits per heavy atom. The summed E-state index contributed by atoms with van der Waals surface area (Å²) < 4.78 is 17.6. The van der Waals surface area contributed by atoms with Crippen molar-refractivity contribution in [3.8, 4) is 17.2 Å². The molecule has 2 aromatic heterocycles. The first kappa shape index (κ1) is 27.1. The molecule has 0 radical (unpaired) electrons. The van der Waals surface area contributed by atoms with Gasteiger partial charge in [0, 0.05) is 25.6 Å². The van der Waals surface area contributed by atoms with Gasteiger partial charge in [-0.2, -0.15) is 0 Å². The van der Waals surface area contributed by atoms with Crippen LogP contribution in [0.25, 0.3) is 11.5 Å². The molecule has 200 valence electrons. The Balaban J connectivity index is 1.60. The summed E-state index contributed by atoms with van der Waals surface area (Å²) in [6, 6.07) is 12.1. The second kappa shape index (κ2) is 10.8. The van der Waals surface area contributed by atoms with E-state index in [-0.39, 0.29) is 0 Å². The first-order valence-corrected chi connectivity index (χ1v) is 12.5. The maximum Gasteiger partial charge on any atom is 0.347 e. The van der Waals surface area contributed by atoms with Crippen molar-refractivity contribution in [1.29, 1.82) is 0 Å². The SMILES string of the molecule is Cc1ccc(-c2nc(CN(Cc3cc(C)c(OC(C)(C)C(=O)O)c(C)c3)Cc3nnc(C)o3)c(C)o2)cc1. The quantitative estimate of drug-likeness (QED) is 0.282. The molecule has 0 aliphatic rings. The van der Waals surface area contributed by atoms with Crippen LogP contribution in [0.5, 0.6) is 5.75 Å².